The predicted octanol–water partition coefficient (Wildman–Crippen LogP) is 5.83. The molecule has 2 aromatic carbocycles. The number of nitrogens with zero attached hydrogens (tertiary/aromatic N) is 4. The van der Waals surface area contributed by atoms with Crippen LogP contribution in [0.5, 0.6) is 11.6 Å². The first-order valence-electron chi connectivity index (χ1n) is 9.96. The van der Waals surface area contributed by atoms with Gasteiger partial charge in [0.25, 0.3) is 0 Å². The Balaban J connectivity index is 1.71. The number of aromatic nitrogens is 3. The molecule has 0 aliphatic heterocycles. The van der Waals surface area contributed by atoms with E-state index < -0.39 is 0 Å². The number of benzene rings is 2. The highest BCUT2D eigenvalue weighted by Crippen LogP contribution is 2.34. The molecule has 0 aliphatic rings. The highest BCUT2D eigenvalue weighted by molar-refractivity contribution is 5.85. The number of nitriles is 2. The number of aryl methyl sites for hydroxylation is 3. The van der Waals surface area contributed by atoms with Crippen LogP contribution in [0.4, 0.5) is 11.6 Å². The van der Waals surface area contributed by atoms with Crippen molar-refractivity contribution >= 4 is 28.7 Å². The zero-order valence-corrected chi connectivity index (χ0v) is 17.9. The summed E-state index contributed by atoms with van der Waals surface area (Å²) in [6.07, 6.45) is 5.04. The number of H-pyrrole nitrogens is 1. The second kappa shape index (κ2) is 8.63. The lowest BCUT2D eigenvalue weighted by Crippen LogP contribution is -2.01. The minimum atomic E-state index is 0.398. The van der Waals surface area contributed by atoms with Gasteiger partial charge in [-0.2, -0.15) is 15.5 Å². The van der Waals surface area contributed by atoms with Crippen LogP contribution in [0.2, 0.25) is 0 Å². The zero-order valence-electron chi connectivity index (χ0n) is 17.9. The Hall–Kier alpha value is -4.62. The zero-order chi connectivity index (χ0) is 22.7. The molecule has 0 radical (unpaired) electrons. The van der Waals surface area contributed by atoms with Gasteiger partial charge in [-0.3, -0.25) is 0 Å². The maximum Gasteiger partial charge on any atom is 0.248 e. The summed E-state index contributed by atoms with van der Waals surface area (Å²) in [7, 11) is 0. The lowest BCUT2D eigenvalue weighted by atomic mass is 10.1. The summed E-state index contributed by atoms with van der Waals surface area (Å²) in [5.74, 6) is 1.46. The Kier molecular flexibility index (Phi) is 5.57. The highest BCUT2D eigenvalue weighted by atomic mass is 16.5. The van der Waals surface area contributed by atoms with E-state index in [1.165, 1.54) is 6.08 Å². The van der Waals surface area contributed by atoms with Crippen LogP contribution in [0, 0.1) is 43.4 Å². The number of hydrogen-bond acceptors (Lipinski definition) is 6. The molecule has 2 heterocycles. The van der Waals surface area contributed by atoms with Crippen molar-refractivity contribution in [3.63, 3.8) is 0 Å². The Morgan fingerprint density at radius 3 is 2.38 bits per heavy atom. The molecule has 7 heteroatoms. The van der Waals surface area contributed by atoms with E-state index in [9.17, 15) is 5.26 Å². The van der Waals surface area contributed by atoms with Crippen LogP contribution in [-0.2, 0) is 0 Å². The lowest BCUT2D eigenvalue weighted by molar-refractivity contribution is 0.461. The highest BCUT2D eigenvalue weighted by Gasteiger charge is 2.16. The van der Waals surface area contributed by atoms with Crippen LogP contribution < -0.4 is 10.1 Å². The van der Waals surface area contributed by atoms with Gasteiger partial charge in [0.15, 0.2) is 0 Å². The van der Waals surface area contributed by atoms with E-state index in [1.54, 1.807) is 18.2 Å². The van der Waals surface area contributed by atoms with E-state index in [0.29, 0.717) is 28.7 Å². The smallest absolute Gasteiger partial charge is 0.248 e. The van der Waals surface area contributed by atoms with E-state index in [-0.39, 0.29) is 0 Å². The van der Waals surface area contributed by atoms with Crippen molar-refractivity contribution in [2.45, 2.75) is 20.8 Å². The second-order valence-corrected chi connectivity index (χ2v) is 7.41. The third kappa shape index (κ3) is 4.14. The maximum atomic E-state index is 9.20. The largest absolute Gasteiger partial charge is 0.436 e. The summed E-state index contributed by atoms with van der Waals surface area (Å²) in [5, 5.41) is 21.1. The summed E-state index contributed by atoms with van der Waals surface area (Å²) in [6, 6.07) is 15.3. The number of allylic oxidation sites excluding steroid dienone is 1. The van der Waals surface area contributed by atoms with Gasteiger partial charge in [0, 0.05) is 18.0 Å². The Morgan fingerprint density at radius 2 is 1.72 bits per heavy atom. The molecule has 0 atom stereocenters. The number of ether oxygens (including phenoxy) is 1. The molecule has 156 valence electrons. The van der Waals surface area contributed by atoms with Crippen molar-refractivity contribution in [3.8, 4) is 23.8 Å². The average molecular weight is 420 g/mol. The van der Waals surface area contributed by atoms with Crippen LogP contribution in [0.1, 0.15) is 27.8 Å². The fraction of sp³-hybridized carbons (Fsp3) is 0.120. The number of aromatic amines is 1. The summed E-state index contributed by atoms with van der Waals surface area (Å²) in [6.45, 7) is 5.78. The van der Waals surface area contributed by atoms with E-state index in [4.69, 9.17) is 10.00 Å². The fourth-order valence-electron chi connectivity index (χ4n) is 3.45. The Bertz CT molecular complexity index is 1400. The van der Waals surface area contributed by atoms with Crippen molar-refractivity contribution in [3.05, 3.63) is 76.5 Å². The summed E-state index contributed by atoms with van der Waals surface area (Å²) in [5.41, 5.74) is 6.46. The van der Waals surface area contributed by atoms with Crippen LogP contribution >= 0.6 is 0 Å². The van der Waals surface area contributed by atoms with Crippen molar-refractivity contribution in [1.82, 2.24) is 15.0 Å². The summed E-state index contributed by atoms with van der Waals surface area (Å²) in [4.78, 5) is 12.4. The van der Waals surface area contributed by atoms with Crippen LogP contribution in [0.25, 0.3) is 17.1 Å². The van der Waals surface area contributed by atoms with Gasteiger partial charge >= 0.3 is 0 Å². The topological polar surface area (TPSA) is 110 Å². The van der Waals surface area contributed by atoms with Crippen molar-refractivity contribution in [2.24, 2.45) is 0 Å². The SMILES string of the molecule is Cc1cc(C#N)cc(C)c1Oc1nc(Nc2ccc(/C=C/C#N)cc2)nc2c(C)c[nH]c12. The van der Waals surface area contributed by atoms with Gasteiger partial charge in [-0.05, 0) is 73.4 Å². The number of rotatable bonds is 5. The summed E-state index contributed by atoms with van der Waals surface area (Å²) < 4.78 is 6.24. The number of fused-ring (bicyclic) bond motifs is 1. The minimum absolute atomic E-state index is 0.398. The molecular weight excluding hydrogens is 400 g/mol. The molecule has 2 N–H and O–H groups in total. The van der Waals surface area contributed by atoms with Gasteiger partial charge < -0.3 is 15.0 Å². The van der Waals surface area contributed by atoms with Gasteiger partial charge in [-0.1, -0.05) is 12.1 Å². The number of anilines is 2. The van der Waals surface area contributed by atoms with Crippen molar-refractivity contribution in [2.75, 3.05) is 5.32 Å². The second-order valence-electron chi connectivity index (χ2n) is 7.41. The van der Waals surface area contributed by atoms with E-state index in [2.05, 4.69) is 26.3 Å². The molecule has 7 nitrogen and oxygen atoms in total. The Morgan fingerprint density at radius 1 is 1.00 bits per heavy atom. The predicted molar refractivity (Wildman–Crippen MR) is 124 cm³/mol. The van der Waals surface area contributed by atoms with Gasteiger partial charge in [0.2, 0.25) is 11.8 Å². The molecule has 0 saturated carbocycles. The molecule has 0 unspecified atom stereocenters. The molecule has 0 fully saturated rings. The molecule has 4 rings (SSSR count). The molecule has 2 aromatic heterocycles. The molecule has 0 aliphatic carbocycles. The van der Waals surface area contributed by atoms with Crippen molar-refractivity contribution in [1.29, 1.82) is 10.5 Å². The quantitative estimate of drug-likeness (QED) is 0.393. The molecular formula is C25H20N6O. The molecule has 32 heavy (non-hydrogen) atoms. The third-order valence-electron chi connectivity index (χ3n) is 4.99. The van der Waals surface area contributed by atoms with Gasteiger partial charge in [0.05, 0.1) is 17.7 Å². The van der Waals surface area contributed by atoms with Gasteiger partial charge in [-0.15, -0.1) is 0 Å². The van der Waals surface area contributed by atoms with Gasteiger partial charge in [0.1, 0.15) is 16.8 Å². The first-order valence-corrected chi connectivity index (χ1v) is 9.96. The summed E-state index contributed by atoms with van der Waals surface area (Å²) >= 11 is 0. The Labute approximate surface area is 185 Å². The standard InChI is InChI=1S/C25H20N6O/c1-15-11-19(13-27)12-16(2)23(15)32-24-22-21(17(3)14-28-22)30-25(31-24)29-20-8-6-18(7-9-20)5-4-10-26/h4-9,11-12,14,28H,1-3H3,(H,29,30,31)/b5-4+. The van der Waals surface area contributed by atoms with Crippen LogP contribution in [0.15, 0.2) is 48.7 Å². The first-order chi connectivity index (χ1) is 15.5. The van der Waals surface area contributed by atoms with E-state index in [1.807, 2.05) is 57.3 Å². The molecule has 4 aromatic rings. The van der Waals surface area contributed by atoms with Crippen LogP contribution in [-0.4, -0.2) is 15.0 Å². The number of nitrogens with one attached hydrogen (secondary N) is 2. The molecule has 0 bridgehead atoms. The fourth-order valence-corrected chi connectivity index (χ4v) is 3.45. The normalized spacial score (nSPS) is 10.8. The molecule has 0 saturated heterocycles. The van der Waals surface area contributed by atoms with E-state index >= 15 is 0 Å². The van der Waals surface area contributed by atoms with Crippen molar-refractivity contribution < 1.29 is 4.74 Å². The minimum Gasteiger partial charge on any atom is -0.436 e. The van der Waals surface area contributed by atoms with Crippen LogP contribution in [0.3, 0.4) is 0 Å². The monoisotopic (exact) mass is 420 g/mol. The van der Waals surface area contributed by atoms with Gasteiger partial charge in [-0.25, -0.2) is 4.98 Å². The molecule has 0 amide bonds. The number of hydrogen-bond donors (Lipinski definition) is 2. The average Bonchev–Trinajstić information content (AvgIpc) is 3.16. The molecule has 0 spiro atoms. The first kappa shape index (κ1) is 20.6. The lowest BCUT2D eigenvalue weighted by Gasteiger charge is -2.13. The van der Waals surface area contributed by atoms with E-state index in [0.717, 1.165) is 33.5 Å². The third-order valence-corrected chi connectivity index (χ3v) is 4.99. The maximum absolute atomic E-state index is 9.20.